The number of phenols is 1. The molecular formula is C20H23N3O3. The molecule has 2 heterocycles. The van der Waals surface area contributed by atoms with E-state index in [-0.39, 0.29) is 29.8 Å². The zero-order valence-electron chi connectivity index (χ0n) is 14.7. The molecular weight excluding hydrogens is 330 g/mol. The van der Waals surface area contributed by atoms with Crippen molar-refractivity contribution >= 4 is 5.91 Å². The number of benzene rings is 2. The Labute approximate surface area is 152 Å². The number of ether oxygens (including phenoxy) is 1. The van der Waals surface area contributed by atoms with Crippen LogP contribution in [0.15, 0.2) is 48.5 Å². The molecule has 2 atom stereocenters. The van der Waals surface area contributed by atoms with Gasteiger partial charge in [0.25, 0.3) is 0 Å². The number of hydrazine groups is 1. The van der Waals surface area contributed by atoms with Crippen LogP contribution < -0.4 is 15.6 Å². The number of carbonyl (C=O) groups excluding carboxylic acids is 1. The minimum absolute atomic E-state index is 0.0583. The monoisotopic (exact) mass is 353 g/mol. The number of rotatable bonds is 4. The van der Waals surface area contributed by atoms with Gasteiger partial charge in [-0.2, -0.15) is 0 Å². The lowest BCUT2D eigenvalue weighted by Crippen LogP contribution is -2.60. The Hall–Kier alpha value is -2.57. The molecule has 2 aromatic carbocycles. The number of likely N-dealkylation sites (tertiary alicyclic amines) is 1. The van der Waals surface area contributed by atoms with Gasteiger partial charge in [-0.1, -0.05) is 24.3 Å². The quantitative estimate of drug-likeness (QED) is 0.783. The molecule has 2 saturated heterocycles. The first-order valence-electron chi connectivity index (χ1n) is 8.90. The van der Waals surface area contributed by atoms with Gasteiger partial charge in [-0.05, 0) is 48.7 Å². The lowest BCUT2D eigenvalue weighted by atomic mass is 10.0. The van der Waals surface area contributed by atoms with E-state index in [2.05, 4.69) is 10.9 Å². The third kappa shape index (κ3) is 3.52. The number of hydrogen-bond donors (Lipinski definition) is 3. The predicted molar refractivity (Wildman–Crippen MR) is 97.7 cm³/mol. The molecule has 0 radical (unpaired) electrons. The van der Waals surface area contributed by atoms with Crippen molar-refractivity contribution in [3.63, 3.8) is 0 Å². The SMILES string of the molecule is Cc1cccc(OC2CN(C(=O)C3CC(c4ccc(O)cc4)NN3)C2)c1. The molecule has 26 heavy (non-hydrogen) atoms. The van der Waals surface area contributed by atoms with Gasteiger partial charge < -0.3 is 14.7 Å². The zero-order chi connectivity index (χ0) is 18.1. The number of carbonyl (C=O) groups is 1. The fraction of sp³-hybridized carbons (Fsp3) is 0.350. The van der Waals surface area contributed by atoms with Crippen LogP contribution in [-0.4, -0.2) is 41.1 Å². The van der Waals surface area contributed by atoms with Crippen LogP contribution in [0, 0.1) is 6.92 Å². The van der Waals surface area contributed by atoms with Gasteiger partial charge in [-0.15, -0.1) is 0 Å². The molecule has 2 fully saturated rings. The lowest BCUT2D eigenvalue weighted by molar-refractivity contribution is -0.142. The molecule has 2 unspecified atom stereocenters. The molecule has 0 aromatic heterocycles. The summed E-state index contributed by atoms with van der Waals surface area (Å²) in [7, 11) is 0. The van der Waals surface area contributed by atoms with Gasteiger partial charge in [0.1, 0.15) is 23.6 Å². The Kier molecular flexibility index (Phi) is 4.53. The van der Waals surface area contributed by atoms with Crippen molar-refractivity contribution in [2.75, 3.05) is 13.1 Å². The summed E-state index contributed by atoms with van der Waals surface area (Å²) in [4.78, 5) is 14.5. The second kappa shape index (κ2) is 6.97. The standard InChI is InChI=1S/C20H23N3O3/c1-13-3-2-4-16(9-13)26-17-11-23(12-17)20(25)19-10-18(21-22-19)14-5-7-15(24)8-6-14/h2-9,17-19,21-22,24H,10-12H2,1H3. The van der Waals surface area contributed by atoms with Gasteiger partial charge in [0.05, 0.1) is 13.1 Å². The lowest BCUT2D eigenvalue weighted by Gasteiger charge is -2.40. The van der Waals surface area contributed by atoms with E-state index < -0.39 is 0 Å². The summed E-state index contributed by atoms with van der Waals surface area (Å²) in [5.41, 5.74) is 8.48. The van der Waals surface area contributed by atoms with Crippen molar-refractivity contribution < 1.29 is 14.6 Å². The average molecular weight is 353 g/mol. The molecule has 4 rings (SSSR count). The summed E-state index contributed by atoms with van der Waals surface area (Å²) in [5.74, 6) is 1.20. The van der Waals surface area contributed by atoms with Crippen molar-refractivity contribution in [3.8, 4) is 11.5 Å². The minimum atomic E-state index is -0.242. The molecule has 1 amide bonds. The summed E-state index contributed by atoms with van der Waals surface area (Å²) >= 11 is 0. The predicted octanol–water partition coefficient (Wildman–Crippen LogP) is 1.90. The molecule has 6 nitrogen and oxygen atoms in total. The fourth-order valence-electron chi connectivity index (χ4n) is 3.44. The second-order valence-corrected chi connectivity index (χ2v) is 7.02. The maximum absolute atomic E-state index is 12.6. The van der Waals surface area contributed by atoms with Crippen LogP contribution in [0.2, 0.25) is 0 Å². The highest BCUT2D eigenvalue weighted by atomic mass is 16.5. The van der Waals surface area contributed by atoms with Crippen LogP contribution >= 0.6 is 0 Å². The van der Waals surface area contributed by atoms with E-state index in [0.29, 0.717) is 19.5 Å². The van der Waals surface area contributed by atoms with Crippen molar-refractivity contribution in [1.29, 1.82) is 0 Å². The van der Waals surface area contributed by atoms with Crippen molar-refractivity contribution in [1.82, 2.24) is 15.8 Å². The molecule has 2 aliphatic rings. The minimum Gasteiger partial charge on any atom is -0.508 e. The van der Waals surface area contributed by atoms with E-state index in [4.69, 9.17) is 4.74 Å². The average Bonchev–Trinajstić information content (AvgIpc) is 3.08. The maximum Gasteiger partial charge on any atom is 0.241 e. The number of nitrogens with one attached hydrogen (secondary N) is 2. The van der Waals surface area contributed by atoms with Crippen LogP contribution in [0.5, 0.6) is 11.5 Å². The highest BCUT2D eigenvalue weighted by Gasteiger charge is 2.39. The van der Waals surface area contributed by atoms with Gasteiger partial charge >= 0.3 is 0 Å². The van der Waals surface area contributed by atoms with Gasteiger partial charge in [-0.3, -0.25) is 4.79 Å². The second-order valence-electron chi connectivity index (χ2n) is 7.02. The largest absolute Gasteiger partial charge is 0.508 e. The summed E-state index contributed by atoms with van der Waals surface area (Å²) in [6.45, 7) is 3.27. The maximum atomic E-state index is 12.6. The first-order chi connectivity index (χ1) is 12.6. The topological polar surface area (TPSA) is 73.8 Å². The van der Waals surface area contributed by atoms with E-state index in [0.717, 1.165) is 16.9 Å². The van der Waals surface area contributed by atoms with Crippen LogP contribution in [0.1, 0.15) is 23.6 Å². The van der Waals surface area contributed by atoms with Crippen LogP contribution in [0.4, 0.5) is 0 Å². The molecule has 0 aliphatic carbocycles. The molecule has 0 bridgehead atoms. The number of nitrogens with zero attached hydrogens (tertiary/aromatic N) is 1. The molecule has 3 N–H and O–H groups in total. The van der Waals surface area contributed by atoms with Crippen molar-refractivity contribution in [2.45, 2.75) is 31.5 Å². The molecule has 2 aromatic rings. The molecule has 0 saturated carbocycles. The van der Waals surface area contributed by atoms with Crippen LogP contribution in [0.3, 0.4) is 0 Å². The van der Waals surface area contributed by atoms with Gasteiger partial charge in [0, 0.05) is 6.04 Å². The van der Waals surface area contributed by atoms with Gasteiger partial charge in [-0.25, -0.2) is 10.9 Å². The fourth-order valence-corrected chi connectivity index (χ4v) is 3.44. The third-order valence-electron chi connectivity index (χ3n) is 4.95. The molecule has 0 spiro atoms. The van der Waals surface area contributed by atoms with Gasteiger partial charge in [0.2, 0.25) is 5.91 Å². The van der Waals surface area contributed by atoms with Crippen LogP contribution in [-0.2, 0) is 4.79 Å². The first-order valence-corrected chi connectivity index (χ1v) is 8.90. The summed E-state index contributed by atoms with van der Waals surface area (Å²) in [6, 6.07) is 14.9. The highest BCUT2D eigenvalue weighted by Crippen LogP contribution is 2.26. The van der Waals surface area contributed by atoms with Crippen LogP contribution in [0.25, 0.3) is 0 Å². The van der Waals surface area contributed by atoms with E-state index in [9.17, 15) is 9.90 Å². The normalized spacial score (nSPS) is 22.9. The Morgan fingerprint density at radius 2 is 1.92 bits per heavy atom. The van der Waals surface area contributed by atoms with E-state index in [1.807, 2.05) is 48.2 Å². The number of aryl methyl sites for hydroxylation is 1. The van der Waals surface area contributed by atoms with E-state index >= 15 is 0 Å². The van der Waals surface area contributed by atoms with E-state index in [1.165, 1.54) is 0 Å². The first kappa shape index (κ1) is 16.9. The Balaban J connectivity index is 1.28. The molecule has 136 valence electrons. The van der Waals surface area contributed by atoms with E-state index in [1.54, 1.807) is 12.1 Å². The van der Waals surface area contributed by atoms with Gasteiger partial charge in [0.15, 0.2) is 0 Å². The smallest absolute Gasteiger partial charge is 0.241 e. The summed E-state index contributed by atoms with van der Waals surface area (Å²) < 4.78 is 5.92. The van der Waals surface area contributed by atoms with Crippen molar-refractivity contribution in [3.05, 3.63) is 59.7 Å². The molecule has 2 aliphatic heterocycles. The zero-order valence-corrected chi connectivity index (χ0v) is 14.7. The summed E-state index contributed by atoms with van der Waals surface area (Å²) in [5, 5.41) is 9.39. The highest BCUT2D eigenvalue weighted by molar-refractivity contribution is 5.83. The number of hydrogen-bond acceptors (Lipinski definition) is 5. The number of aromatic hydroxyl groups is 1. The Morgan fingerprint density at radius 3 is 2.65 bits per heavy atom. The Bertz CT molecular complexity index is 787. The third-order valence-corrected chi connectivity index (χ3v) is 4.95. The van der Waals surface area contributed by atoms with Crippen molar-refractivity contribution in [2.24, 2.45) is 0 Å². The number of phenolic OH excluding ortho intramolecular Hbond substituents is 1. The molecule has 6 heteroatoms. The Morgan fingerprint density at radius 1 is 1.15 bits per heavy atom. The number of amides is 1. The summed E-state index contributed by atoms with van der Waals surface area (Å²) in [6.07, 6.45) is 0.742.